The molecule has 1 aromatic heterocycles. The zero-order valence-electron chi connectivity index (χ0n) is 12.1. The molecule has 0 saturated carbocycles. The van der Waals surface area contributed by atoms with E-state index in [1.807, 2.05) is 0 Å². The van der Waals surface area contributed by atoms with Crippen LogP contribution in [0.3, 0.4) is 0 Å². The first-order valence-corrected chi connectivity index (χ1v) is 7.68. The molecule has 2 heterocycles. The summed E-state index contributed by atoms with van der Waals surface area (Å²) in [6, 6.07) is 1.54. The van der Waals surface area contributed by atoms with Crippen LogP contribution >= 0.6 is 15.9 Å². The Bertz CT molecular complexity index is 578. The molecule has 8 heteroatoms. The van der Waals surface area contributed by atoms with E-state index in [-0.39, 0.29) is 24.3 Å². The van der Waals surface area contributed by atoms with Crippen molar-refractivity contribution in [1.82, 2.24) is 9.80 Å². The lowest BCUT2D eigenvalue weighted by Crippen LogP contribution is -2.45. The van der Waals surface area contributed by atoms with Gasteiger partial charge in [0, 0.05) is 26.2 Å². The van der Waals surface area contributed by atoms with Crippen molar-refractivity contribution >= 4 is 33.7 Å². The number of carboxylic acids is 1. The minimum atomic E-state index is -0.815. The largest absolute Gasteiger partial charge is 0.481 e. The number of hydrogen-bond donors (Lipinski definition) is 1. The molecule has 1 aliphatic rings. The van der Waals surface area contributed by atoms with Crippen molar-refractivity contribution in [2.75, 3.05) is 26.7 Å². The highest BCUT2D eigenvalue weighted by Gasteiger charge is 2.28. The number of carbonyl (C=O) groups is 3. The molecule has 22 heavy (non-hydrogen) atoms. The maximum Gasteiger partial charge on any atom is 0.306 e. The fraction of sp³-hybridized carbons (Fsp3) is 0.500. The van der Waals surface area contributed by atoms with E-state index < -0.39 is 5.97 Å². The Labute approximate surface area is 136 Å². The highest BCUT2D eigenvalue weighted by atomic mass is 79.9. The average molecular weight is 373 g/mol. The molecule has 0 bridgehead atoms. The van der Waals surface area contributed by atoms with Crippen LogP contribution in [0.4, 0.5) is 0 Å². The molecule has 0 spiro atoms. The summed E-state index contributed by atoms with van der Waals surface area (Å²) >= 11 is 3.12. The third-order valence-corrected chi connectivity index (χ3v) is 4.15. The number of amides is 2. The van der Waals surface area contributed by atoms with Crippen molar-refractivity contribution in [2.45, 2.75) is 12.8 Å². The Morgan fingerprint density at radius 1 is 1.41 bits per heavy atom. The molecule has 1 aromatic rings. The topological polar surface area (TPSA) is 91.1 Å². The lowest BCUT2D eigenvalue weighted by atomic mass is 9.97. The Balaban J connectivity index is 1.87. The molecule has 1 fully saturated rings. The van der Waals surface area contributed by atoms with Crippen LogP contribution in [0.1, 0.15) is 23.2 Å². The van der Waals surface area contributed by atoms with Gasteiger partial charge in [0.1, 0.15) is 6.26 Å². The summed E-state index contributed by atoms with van der Waals surface area (Å²) in [7, 11) is 1.55. The molecular formula is C14H17BrN2O5. The number of nitrogens with zero attached hydrogens (tertiary/aromatic N) is 2. The normalized spacial score (nSPS) is 15.6. The second-order valence-electron chi connectivity index (χ2n) is 5.29. The Morgan fingerprint density at radius 2 is 2.05 bits per heavy atom. The summed E-state index contributed by atoms with van der Waals surface area (Å²) in [5.74, 6) is -1.68. The van der Waals surface area contributed by atoms with Crippen LogP contribution in [-0.4, -0.2) is 59.4 Å². The van der Waals surface area contributed by atoms with Crippen LogP contribution in [0.25, 0.3) is 0 Å². The molecule has 2 amide bonds. The summed E-state index contributed by atoms with van der Waals surface area (Å²) < 4.78 is 5.46. The number of furan rings is 1. The van der Waals surface area contributed by atoms with E-state index in [4.69, 9.17) is 9.52 Å². The number of likely N-dealkylation sites (tertiary alicyclic amines) is 1. The Morgan fingerprint density at radius 3 is 2.55 bits per heavy atom. The molecule has 0 aromatic carbocycles. The molecule has 1 aliphatic heterocycles. The number of carbonyl (C=O) groups excluding carboxylic acids is 2. The minimum absolute atomic E-state index is 0.0423. The van der Waals surface area contributed by atoms with Gasteiger partial charge in [-0.25, -0.2) is 0 Å². The predicted octanol–water partition coefficient (Wildman–Crippen LogP) is 1.44. The second-order valence-corrected chi connectivity index (χ2v) is 6.08. The lowest BCUT2D eigenvalue weighted by molar-refractivity contribution is -0.145. The van der Waals surface area contributed by atoms with E-state index in [0.29, 0.717) is 36.2 Å². The predicted molar refractivity (Wildman–Crippen MR) is 80.3 cm³/mol. The van der Waals surface area contributed by atoms with Crippen LogP contribution in [0.15, 0.2) is 21.4 Å². The van der Waals surface area contributed by atoms with Gasteiger partial charge in [-0.05, 0) is 28.8 Å². The number of carboxylic acid groups (broad SMARTS) is 1. The van der Waals surface area contributed by atoms with Gasteiger partial charge in [0.15, 0.2) is 4.67 Å². The third kappa shape index (κ3) is 3.88. The first kappa shape index (κ1) is 16.5. The van der Waals surface area contributed by atoms with Crippen molar-refractivity contribution in [3.05, 3.63) is 22.6 Å². The first-order valence-electron chi connectivity index (χ1n) is 6.88. The molecule has 1 saturated heterocycles. The highest BCUT2D eigenvalue weighted by molar-refractivity contribution is 9.10. The summed E-state index contributed by atoms with van der Waals surface area (Å²) in [4.78, 5) is 38.1. The highest BCUT2D eigenvalue weighted by Crippen LogP contribution is 2.18. The van der Waals surface area contributed by atoms with Crippen LogP contribution in [0, 0.1) is 5.92 Å². The maximum absolute atomic E-state index is 12.2. The van der Waals surface area contributed by atoms with Gasteiger partial charge >= 0.3 is 5.97 Å². The van der Waals surface area contributed by atoms with Gasteiger partial charge in [-0.15, -0.1) is 0 Å². The zero-order chi connectivity index (χ0) is 16.3. The van der Waals surface area contributed by atoms with Crippen molar-refractivity contribution in [2.24, 2.45) is 5.92 Å². The lowest BCUT2D eigenvalue weighted by Gasteiger charge is -2.31. The molecule has 0 unspecified atom stereocenters. The molecule has 7 nitrogen and oxygen atoms in total. The van der Waals surface area contributed by atoms with E-state index in [9.17, 15) is 14.4 Å². The summed E-state index contributed by atoms with van der Waals surface area (Å²) in [5.41, 5.74) is 0.367. The maximum atomic E-state index is 12.2. The Hall–Kier alpha value is -1.83. The monoisotopic (exact) mass is 372 g/mol. The van der Waals surface area contributed by atoms with E-state index in [0.717, 1.165) is 0 Å². The van der Waals surface area contributed by atoms with Crippen molar-refractivity contribution in [3.8, 4) is 0 Å². The van der Waals surface area contributed by atoms with Gasteiger partial charge in [0.05, 0.1) is 18.0 Å². The standard InChI is InChI=1S/C14H17BrN2O5/c1-16(13(19)10-6-11(15)22-8-10)7-12(18)17-4-2-9(3-5-17)14(20)21/h6,8-9H,2-5,7H2,1H3,(H,20,21). The number of hydrogen-bond acceptors (Lipinski definition) is 4. The second kappa shape index (κ2) is 6.95. The van der Waals surface area contributed by atoms with E-state index in [2.05, 4.69) is 15.9 Å². The van der Waals surface area contributed by atoms with Crippen LogP contribution < -0.4 is 0 Å². The zero-order valence-corrected chi connectivity index (χ0v) is 13.7. The van der Waals surface area contributed by atoms with E-state index >= 15 is 0 Å². The van der Waals surface area contributed by atoms with Crippen LogP contribution in [0.5, 0.6) is 0 Å². The van der Waals surface area contributed by atoms with Crippen molar-refractivity contribution in [3.63, 3.8) is 0 Å². The Kier molecular flexibility index (Phi) is 5.23. The molecular weight excluding hydrogens is 356 g/mol. The van der Waals surface area contributed by atoms with Gasteiger partial charge in [-0.1, -0.05) is 0 Å². The van der Waals surface area contributed by atoms with Gasteiger partial charge in [-0.3, -0.25) is 14.4 Å². The fourth-order valence-electron chi connectivity index (χ4n) is 2.39. The number of piperidine rings is 1. The molecule has 0 radical (unpaired) electrons. The molecule has 0 atom stereocenters. The number of halogens is 1. The molecule has 1 N–H and O–H groups in total. The first-order chi connectivity index (χ1) is 10.4. The summed E-state index contributed by atoms with van der Waals surface area (Å²) in [6.07, 6.45) is 2.23. The SMILES string of the molecule is CN(CC(=O)N1CCC(C(=O)O)CC1)C(=O)c1coc(Br)c1. The smallest absolute Gasteiger partial charge is 0.306 e. The third-order valence-electron chi connectivity index (χ3n) is 3.73. The van der Waals surface area contributed by atoms with Crippen LogP contribution in [0.2, 0.25) is 0 Å². The minimum Gasteiger partial charge on any atom is -0.481 e. The van der Waals surface area contributed by atoms with Gasteiger partial charge in [0.25, 0.3) is 5.91 Å². The van der Waals surface area contributed by atoms with Gasteiger partial charge in [0.2, 0.25) is 5.91 Å². The fourth-order valence-corrected chi connectivity index (χ4v) is 2.73. The van der Waals surface area contributed by atoms with E-state index in [1.165, 1.54) is 11.2 Å². The van der Waals surface area contributed by atoms with E-state index in [1.54, 1.807) is 18.0 Å². The van der Waals surface area contributed by atoms with Crippen molar-refractivity contribution in [1.29, 1.82) is 0 Å². The average Bonchev–Trinajstić information content (AvgIpc) is 2.92. The molecule has 0 aliphatic carbocycles. The number of rotatable bonds is 4. The van der Waals surface area contributed by atoms with Crippen LogP contribution in [-0.2, 0) is 9.59 Å². The summed E-state index contributed by atoms with van der Waals surface area (Å²) in [5, 5.41) is 8.94. The molecule has 2 rings (SSSR count). The summed E-state index contributed by atoms with van der Waals surface area (Å²) in [6.45, 7) is 0.781. The number of likely N-dealkylation sites (N-methyl/N-ethyl adjacent to an activating group) is 1. The quantitative estimate of drug-likeness (QED) is 0.863. The van der Waals surface area contributed by atoms with Crippen molar-refractivity contribution < 1.29 is 23.9 Å². The van der Waals surface area contributed by atoms with Gasteiger partial charge in [-0.2, -0.15) is 0 Å². The van der Waals surface area contributed by atoms with Gasteiger partial charge < -0.3 is 19.3 Å². The number of aliphatic carboxylic acids is 1. The molecule has 120 valence electrons.